The Balaban J connectivity index is 1.72. The number of Topliss-reactive ketones (excluding diaryl/α,β-unsaturated/α-hetero) is 1. The third kappa shape index (κ3) is 4.40. The van der Waals surface area contributed by atoms with Gasteiger partial charge in [0, 0.05) is 17.5 Å². The number of hydrogen-bond donors (Lipinski definition) is 1. The molecule has 0 saturated heterocycles. The van der Waals surface area contributed by atoms with E-state index < -0.39 is 6.10 Å². The van der Waals surface area contributed by atoms with E-state index >= 15 is 0 Å². The molecular formula is C22H24N2O4. The van der Waals surface area contributed by atoms with Crippen LogP contribution in [0.1, 0.15) is 28.5 Å². The van der Waals surface area contributed by atoms with Crippen LogP contribution in [0.3, 0.4) is 0 Å². The minimum absolute atomic E-state index is 0.0232. The third-order valence-electron chi connectivity index (χ3n) is 4.50. The first kappa shape index (κ1) is 19.6. The number of aryl methyl sites for hydroxylation is 2. The van der Waals surface area contributed by atoms with Crippen LogP contribution in [0.15, 0.2) is 59.5 Å². The van der Waals surface area contributed by atoms with E-state index in [1.165, 1.54) is 11.5 Å². The lowest BCUT2D eigenvalue weighted by Gasteiger charge is -2.13. The number of ketones is 1. The fourth-order valence-corrected chi connectivity index (χ4v) is 3.09. The van der Waals surface area contributed by atoms with Crippen molar-refractivity contribution in [2.45, 2.75) is 33.4 Å². The van der Waals surface area contributed by atoms with E-state index in [9.17, 15) is 14.7 Å². The van der Waals surface area contributed by atoms with Crippen molar-refractivity contribution in [2.24, 2.45) is 0 Å². The molecule has 0 bridgehead atoms. The maximum absolute atomic E-state index is 12.8. The fraction of sp³-hybridized carbons (Fsp3) is 0.273. The summed E-state index contributed by atoms with van der Waals surface area (Å²) in [4.78, 5) is 24.2. The molecule has 28 heavy (non-hydrogen) atoms. The minimum Gasteiger partial charge on any atom is -0.491 e. The van der Waals surface area contributed by atoms with Crippen LogP contribution in [0.5, 0.6) is 5.75 Å². The Morgan fingerprint density at radius 3 is 2.50 bits per heavy atom. The number of rotatable bonds is 7. The van der Waals surface area contributed by atoms with Gasteiger partial charge in [-0.2, -0.15) is 0 Å². The molecule has 1 N–H and O–H groups in total. The van der Waals surface area contributed by atoms with Gasteiger partial charge in [0.1, 0.15) is 18.5 Å². The zero-order chi connectivity index (χ0) is 20.3. The minimum atomic E-state index is -0.825. The number of carbonyl (C=O) groups excluding carboxylic acids is 1. The first-order valence-electron chi connectivity index (χ1n) is 9.13. The summed E-state index contributed by atoms with van der Waals surface area (Å²) >= 11 is 0. The van der Waals surface area contributed by atoms with Gasteiger partial charge in [-0.15, -0.1) is 0 Å². The summed E-state index contributed by atoms with van der Waals surface area (Å²) in [5.74, 6) is 0.663. The number of hydrogen-bond acceptors (Lipinski definition) is 4. The molecule has 6 heteroatoms. The van der Waals surface area contributed by atoms with E-state index in [4.69, 9.17) is 4.74 Å². The van der Waals surface area contributed by atoms with Gasteiger partial charge in [0.15, 0.2) is 5.78 Å². The molecule has 3 aromatic rings. The Labute approximate surface area is 163 Å². The van der Waals surface area contributed by atoms with Crippen LogP contribution in [0.2, 0.25) is 0 Å². The summed E-state index contributed by atoms with van der Waals surface area (Å²) < 4.78 is 8.64. The molecule has 0 fully saturated rings. The van der Waals surface area contributed by atoms with E-state index in [2.05, 4.69) is 0 Å². The molecule has 1 heterocycles. The molecule has 1 unspecified atom stereocenters. The zero-order valence-electron chi connectivity index (χ0n) is 16.3. The lowest BCUT2D eigenvalue weighted by atomic mass is 10.1. The van der Waals surface area contributed by atoms with E-state index in [1.54, 1.807) is 35.0 Å². The normalized spacial score (nSPS) is 12.0. The molecule has 0 saturated carbocycles. The predicted octanol–water partition coefficient (Wildman–Crippen LogP) is 2.90. The van der Waals surface area contributed by atoms with Gasteiger partial charge in [0.2, 0.25) is 0 Å². The Bertz CT molecular complexity index is 1030. The number of aromatic nitrogens is 2. The third-order valence-corrected chi connectivity index (χ3v) is 4.50. The van der Waals surface area contributed by atoms with Gasteiger partial charge in [-0.05, 0) is 62.7 Å². The van der Waals surface area contributed by atoms with Crippen molar-refractivity contribution >= 4 is 5.78 Å². The van der Waals surface area contributed by atoms with Crippen LogP contribution in [-0.2, 0) is 6.54 Å². The summed E-state index contributed by atoms with van der Waals surface area (Å²) in [6.07, 6.45) is 0.880. The lowest BCUT2D eigenvalue weighted by Crippen LogP contribution is -2.31. The second kappa shape index (κ2) is 8.27. The van der Waals surface area contributed by atoms with Crippen LogP contribution in [-0.4, -0.2) is 32.7 Å². The topological polar surface area (TPSA) is 73.5 Å². The maximum atomic E-state index is 12.8. The van der Waals surface area contributed by atoms with Crippen LogP contribution >= 0.6 is 0 Å². The molecular weight excluding hydrogens is 356 g/mol. The first-order chi connectivity index (χ1) is 13.3. The van der Waals surface area contributed by atoms with Crippen LogP contribution in [0, 0.1) is 13.8 Å². The van der Waals surface area contributed by atoms with Crippen molar-refractivity contribution in [2.75, 3.05) is 6.61 Å². The van der Waals surface area contributed by atoms with Crippen LogP contribution in [0.25, 0.3) is 5.69 Å². The molecule has 0 aliphatic heterocycles. The average molecular weight is 380 g/mol. The molecule has 0 spiro atoms. The van der Waals surface area contributed by atoms with Gasteiger partial charge in [0.25, 0.3) is 0 Å². The lowest BCUT2D eigenvalue weighted by molar-refractivity contribution is 0.0915. The fourth-order valence-electron chi connectivity index (χ4n) is 3.09. The molecule has 0 aliphatic carbocycles. The van der Waals surface area contributed by atoms with E-state index in [1.807, 2.05) is 38.1 Å². The molecule has 6 nitrogen and oxygen atoms in total. The van der Waals surface area contributed by atoms with Crippen molar-refractivity contribution in [1.82, 2.24) is 9.13 Å². The summed E-state index contributed by atoms with van der Waals surface area (Å²) in [5.41, 5.74) is 2.84. The van der Waals surface area contributed by atoms with E-state index in [0.29, 0.717) is 17.0 Å². The second-order valence-electron chi connectivity index (χ2n) is 6.93. The SMILES string of the molecule is CC(=O)c1ccc(-n2c(C)cn(CC(O)COc3cccc(C)c3)c2=O)cc1. The number of aliphatic hydroxyl groups excluding tert-OH is 1. The molecule has 1 aromatic heterocycles. The number of ether oxygens (including phenoxy) is 1. The Morgan fingerprint density at radius 1 is 1.14 bits per heavy atom. The predicted molar refractivity (Wildman–Crippen MR) is 107 cm³/mol. The molecule has 2 aromatic carbocycles. The quantitative estimate of drug-likeness (QED) is 0.640. The molecule has 1 atom stereocenters. The zero-order valence-corrected chi connectivity index (χ0v) is 16.3. The molecule has 146 valence electrons. The van der Waals surface area contributed by atoms with Crippen LogP contribution < -0.4 is 10.4 Å². The van der Waals surface area contributed by atoms with E-state index in [0.717, 1.165) is 11.3 Å². The second-order valence-corrected chi connectivity index (χ2v) is 6.93. The number of benzene rings is 2. The van der Waals surface area contributed by atoms with Gasteiger partial charge in [0.05, 0.1) is 12.2 Å². The maximum Gasteiger partial charge on any atom is 0.333 e. The Kier molecular flexibility index (Phi) is 5.80. The standard InChI is InChI=1S/C22H24N2O4/c1-15-5-4-6-21(11-15)28-14-20(26)13-23-12-16(2)24(22(23)27)19-9-7-18(8-10-19)17(3)25/h4-12,20,26H,13-14H2,1-3H3. The van der Waals surface area contributed by atoms with Crippen LogP contribution in [0.4, 0.5) is 0 Å². The monoisotopic (exact) mass is 380 g/mol. The van der Waals surface area contributed by atoms with Gasteiger partial charge in [-0.3, -0.25) is 13.9 Å². The number of aliphatic hydroxyl groups is 1. The van der Waals surface area contributed by atoms with Gasteiger partial charge in [-0.1, -0.05) is 12.1 Å². The smallest absolute Gasteiger partial charge is 0.333 e. The summed E-state index contributed by atoms with van der Waals surface area (Å²) in [7, 11) is 0. The van der Waals surface area contributed by atoms with Gasteiger partial charge in [-0.25, -0.2) is 4.79 Å². The molecule has 0 amide bonds. The average Bonchev–Trinajstić information content (AvgIpc) is 2.93. The summed E-state index contributed by atoms with van der Waals surface area (Å²) in [5, 5.41) is 10.3. The first-order valence-corrected chi connectivity index (χ1v) is 9.13. The molecule has 0 radical (unpaired) electrons. The summed E-state index contributed by atoms with van der Waals surface area (Å²) in [6.45, 7) is 5.52. The van der Waals surface area contributed by atoms with Crippen molar-refractivity contribution in [3.8, 4) is 11.4 Å². The van der Waals surface area contributed by atoms with Crippen molar-refractivity contribution in [3.63, 3.8) is 0 Å². The Morgan fingerprint density at radius 2 is 1.86 bits per heavy atom. The highest BCUT2D eigenvalue weighted by molar-refractivity contribution is 5.94. The highest BCUT2D eigenvalue weighted by Gasteiger charge is 2.14. The van der Waals surface area contributed by atoms with E-state index in [-0.39, 0.29) is 24.6 Å². The summed E-state index contributed by atoms with van der Waals surface area (Å²) in [6, 6.07) is 14.5. The largest absolute Gasteiger partial charge is 0.491 e. The van der Waals surface area contributed by atoms with Crippen molar-refractivity contribution < 1.29 is 14.6 Å². The van der Waals surface area contributed by atoms with Gasteiger partial charge < -0.3 is 9.84 Å². The number of carbonyl (C=O) groups is 1. The Hall–Kier alpha value is -3.12. The number of imidazole rings is 1. The van der Waals surface area contributed by atoms with Crippen molar-refractivity contribution in [3.05, 3.63) is 82.0 Å². The number of nitrogens with zero attached hydrogens (tertiary/aromatic N) is 2. The highest BCUT2D eigenvalue weighted by atomic mass is 16.5. The van der Waals surface area contributed by atoms with Crippen molar-refractivity contribution in [1.29, 1.82) is 0 Å². The highest BCUT2D eigenvalue weighted by Crippen LogP contribution is 2.14. The molecule has 3 rings (SSSR count). The molecule has 0 aliphatic rings. The van der Waals surface area contributed by atoms with Gasteiger partial charge >= 0.3 is 5.69 Å².